The number of benzene rings is 2. The van der Waals surface area contributed by atoms with E-state index in [1.807, 2.05) is 13.8 Å². The number of aliphatic hydroxyl groups is 1. The van der Waals surface area contributed by atoms with Crippen LogP contribution < -0.4 is 0 Å². The Labute approximate surface area is 197 Å². The molecule has 0 aliphatic heterocycles. The van der Waals surface area contributed by atoms with E-state index in [-0.39, 0.29) is 17.3 Å². The van der Waals surface area contributed by atoms with E-state index in [2.05, 4.69) is 4.98 Å². The van der Waals surface area contributed by atoms with Gasteiger partial charge in [-0.15, -0.1) is 0 Å². The fraction of sp³-hybridized carbons (Fsp3) is 0.200. The van der Waals surface area contributed by atoms with Crippen LogP contribution in [0.25, 0.3) is 5.57 Å². The van der Waals surface area contributed by atoms with Crippen LogP contribution in [-0.4, -0.2) is 15.9 Å². The predicted molar refractivity (Wildman–Crippen MR) is 128 cm³/mol. The van der Waals surface area contributed by atoms with Gasteiger partial charge in [0.25, 0.3) is 0 Å². The molecule has 3 nitrogen and oxygen atoms in total. The Balaban J connectivity index is 2.33. The Hall–Kier alpha value is -2.17. The molecule has 2 atom stereocenters. The summed E-state index contributed by atoms with van der Waals surface area (Å²) in [6, 6.07) is 15.3. The van der Waals surface area contributed by atoms with Crippen molar-refractivity contribution in [2.75, 3.05) is 0 Å². The lowest BCUT2D eigenvalue weighted by Gasteiger charge is -2.24. The van der Waals surface area contributed by atoms with Crippen LogP contribution in [0.15, 0.2) is 72.6 Å². The van der Waals surface area contributed by atoms with Crippen LogP contribution in [-0.2, 0) is 0 Å². The van der Waals surface area contributed by atoms with Crippen molar-refractivity contribution in [1.82, 2.24) is 4.98 Å². The molecule has 0 radical (unpaired) electrons. The number of Topliss-reactive ketones (excluding diaryl/α,β-unsaturated/α-hetero) is 1. The molecule has 160 valence electrons. The molecular formula is C25H22Cl3NO2. The van der Waals surface area contributed by atoms with Crippen LogP contribution in [0.3, 0.4) is 0 Å². The Bertz CT molecular complexity index is 1110. The van der Waals surface area contributed by atoms with Gasteiger partial charge in [-0.05, 0) is 53.8 Å². The molecule has 2 aromatic carbocycles. The van der Waals surface area contributed by atoms with Crippen molar-refractivity contribution in [3.05, 3.63) is 104 Å². The van der Waals surface area contributed by atoms with Crippen LogP contribution >= 0.6 is 34.8 Å². The lowest BCUT2D eigenvalue weighted by atomic mass is 9.81. The van der Waals surface area contributed by atoms with Crippen LogP contribution in [0.2, 0.25) is 15.1 Å². The van der Waals surface area contributed by atoms with Crippen molar-refractivity contribution in [3.8, 4) is 0 Å². The van der Waals surface area contributed by atoms with E-state index in [0.717, 1.165) is 6.42 Å². The standard InChI is InChI=1S/C25H22Cl3NO2/c1-3-15(2)22(20-10-9-19(27)13-21(20)28)23(25(31)17-7-5-11-29-14-17)24(30)16-6-4-8-18(26)12-16/h4-15,25,31H,3H2,1-2H3/b23-22-. The summed E-state index contributed by atoms with van der Waals surface area (Å²) in [5.74, 6) is -0.386. The summed E-state index contributed by atoms with van der Waals surface area (Å²) in [7, 11) is 0. The molecule has 1 heterocycles. The molecule has 6 heteroatoms. The molecule has 0 fully saturated rings. The summed E-state index contributed by atoms with van der Waals surface area (Å²) in [6.45, 7) is 4.02. The maximum absolute atomic E-state index is 13.8. The van der Waals surface area contributed by atoms with Crippen LogP contribution in [0, 0.1) is 5.92 Å². The van der Waals surface area contributed by atoms with Gasteiger partial charge < -0.3 is 5.11 Å². The van der Waals surface area contributed by atoms with Gasteiger partial charge in [-0.1, -0.05) is 72.9 Å². The smallest absolute Gasteiger partial charge is 0.192 e. The van der Waals surface area contributed by atoms with Crippen molar-refractivity contribution in [3.63, 3.8) is 0 Å². The van der Waals surface area contributed by atoms with E-state index >= 15 is 0 Å². The van der Waals surface area contributed by atoms with Crippen LogP contribution in [0.4, 0.5) is 0 Å². The first kappa shape index (κ1) is 23.5. The van der Waals surface area contributed by atoms with E-state index in [0.29, 0.717) is 37.3 Å². The summed E-state index contributed by atoms with van der Waals surface area (Å²) >= 11 is 18.8. The van der Waals surface area contributed by atoms with E-state index in [4.69, 9.17) is 34.8 Å². The molecule has 0 aliphatic carbocycles. The van der Waals surface area contributed by atoms with Gasteiger partial charge in [0.1, 0.15) is 6.10 Å². The average Bonchev–Trinajstić information content (AvgIpc) is 2.77. The molecular weight excluding hydrogens is 453 g/mol. The summed E-state index contributed by atoms with van der Waals surface area (Å²) in [6.07, 6.45) is 2.70. The second-order valence-electron chi connectivity index (χ2n) is 7.29. The molecule has 0 bridgehead atoms. The third kappa shape index (κ3) is 5.36. The SMILES string of the molecule is CCC(C)/C(=C(\C(=O)c1cccc(Cl)c1)C(O)c1cccnc1)c1ccc(Cl)cc1Cl. The van der Waals surface area contributed by atoms with Gasteiger partial charge >= 0.3 is 0 Å². The molecule has 2 unspecified atom stereocenters. The first-order chi connectivity index (χ1) is 14.8. The van der Waals surface area contributed by atoms with E-state index < -0.39 is 6.10 Å². The minimum atomic E-state index is -1.20. The highest BCUT2D eigenvalue weighted by Gasteiger charge is 2.29. The Morgan fingerprint density at radius 1 is 1.03 bits per heavy atom. The maximum atomic E-state index is 13.8. The normalized spacial score (nSPS) is 14.0. The number of aromatic nitrogens is 1. The average molecular weight is 475 g/mol. The largest absolute Gasteiger partial charge is 0.383 e. The third-order valence-electron chi connectivity index (χ3n) is 5.22. The highest BCUT2D eigenvalue weighted by molar-refractivity contribution is 6.36. The quantitative estimate of drug-likeness (QED) is 0.285. The zero-order valence-electron chi connectivity index (χ0n) is 17.1. The zero-order valence-corrected chi connectivity index (χ0v) is 19.4. The highest BCUT2D eigenvalue weighted by atomic mass is 35.5. The second-order valence-corrected chi connectivity index (χ2v) is 8.57. The molecule has 31 heavy (non-hydrogen) atoms. The fourth-order valence-electron chi connectivity index (χ4n) is 3.47. The van der Waals surface area contributed by atoms with E-state index in [1.54, 1.807) is 67.0 Å². The molecule has 0 saturated carbocycles. The Morgan fingerprint density at radius 3 is 2.39 bits per heavy atom. The zero-order chi connectivity index (χ0) is 22.5. The number of ketones is 1. The summed E-state index contributed by atoms with van der Waals surface area (Å²) in [5.41, 5.74) is 2.48. The lowest BCUT2D eigenvalue weighted by molar-refractivity contribution is 0.0987. The summed E-state index contributed by atoms with van der Waals surface area (Å²) in [4.78, 5) is 17.9. The molecule has 0 aliphatic rings. The number of pyridine rings is 1. The summed E-state index contributed by atoms with van der Waals surface area (Å²) in [5, 5.41) is 12.7. The van der Waals surface area contributed by atoms with Crippen molar-refractivity contribution >= 4 is 46.2 Å². The van der Waals surface area contributed by atoms with Gasteiger partial charge in [0.15, 0.2) is 5.78 Å². The number of hydrogen-bond donors (Lipinski definition) is 1. The van der Waals surface area contributed by atoms with Gasteiger partial charge in [-0.2, -0.15) is 0 Å². The predicted octanol–water partition coefficient (Wildman–Crippen LogP) is 7.46. The van der Waals surface area contributed by atoms with E-state index in [9.17, 15) is 9.90 Å². The van der Waals surface area contributed by atoms with Crippen molar-refractivity contribution in [2.24, 2.45) is 5.92 Å². The monoisotopic (exact) mass is 473 g/mol. The summed E-state index contributed by atoms with van der Waals surface area (Å²) < 4.78 is 0. The Morgan fingerprint density at radius 2 is 1.77 bits per heavy atom. The van der Waals surface area contributed by atoms with Gasteiger partial charge in [-0.3, -0.25) is 9.78 Å². The van der Waals surface area contributed by atoms with Crippen LogP contribution in [0.5, 0.6) is 0 Å². The maximum Gasteiger partial charge on any atom is 0.192 e. The van der Waals surface area contributed by atoms with Crippen LogP contribution in [0.1, 0.15) is 47.9 Å². The van der Waals surface area contributed by atoms with Crippen molar-refractivity contribution in [1.29, 1.82) is 0 Å². The van der Waals surface area contributed by atoms with Crippen molar-refractivity contribution in [2.45, 2.75) is 26.4 Å². The second kappa shape index (κ2) is 10.4. The van der Waals surface area contributed by atoms with E-state index in [1.165, 1.54) is 0 Å². The molecule has 1 aromatic heterocycles. The van der Waals surface area contributed by atoms with Crippen molar-refractivity contribution < 1.29 is 9.90 Å². The number of allylic oxidation sites excluding steroid dienone is 1. The number of aliphatic hydroxyl groups excluding tert-OH is 1. The number of nitrogens with zero attached hydrogens (tertiary/aromatic N) is 1. The first-order valence-electron chi connectivity index (χ1n) is 9.91. The molecule has 0 spiro atoms. The van der Waals surface area contributed by atoms with Gasteiger partial charge in [0.2, 0.25) is 0 Å². The van der Waals surface area contributed by atoms with Gasteiger partial charge in [0.05, 0.1) is 0 Å². The number of carbonyl (C=O) groups excluding carboxylic acids is 1. The minimum absolute atomic E-state index is 0.0665. The molecule has 3 aromatic rings. The van der Waals surface area contributed by atoms with Gasteiger partial charge in [-0.25, -0.2) is 0 Å². The fourth-order valence-corrected chi connectivity index (χ4v) is 4.17. The molecule has 3 rings (SSSR count). The topological polar surface area (TPSA) is 50.2 Å². The lowest BCUT2D eigenvalue weighted by Crippen LogP contribution is -2.17. The number of hydrogen-bond acceptors (Lipinski definition) is 3. The number of rotatable bonds is 7. The molecule has 0 saturated heterocycles. The molecule has 1 N–H and O–H groups in total. The Kier molecular flexibility index (Phi) is 7.90. The molecule has 0 amide bonds. The number of halogens is 3. The first-order valence-corrected chi connectivity index (χ1v) is 11.0. The minimum Gasteiger partial charge on any atom is -0.383 e. The third-order valence-corrected chi connectivity index (χ3v) is 6.00. The van der Waals surface area contributed by atoms with Gasteiger partial charge in [0, 0.05) is 44.2 Å². The number of carbonyl (C=O) groups is 1. The highest BCUT2D eigenvalue weighted by Crippen LogP contribution is 2.40.